The minimum atomic E-state index is 0.386. The molecule has 6 nitrogen and oxygen atoms in total. The Labute approximate surface area is 99.4 Å². The first-order valence-corrected chi connectivity index (χ1v) is 5.48. The number of hydrogen-bond donors (Lipinski definition) is 1. The fourth-order valence-electron chi connectivity index (χ4n) is 1.43. The van der Waals surface area contributed by atoms with Gasteiger partial charge in [0.25, 0.3) is 0 Å². The molecule has 0 unspecified atom stereocenters. The highest BCUT2D eigenvalue weighted by molar-refractivity contribution is 5.19. The van der Waals surface area contributed by atoms with Gasteiger partial charge in [0.2, 0.25) is 0 Å². The molecule has 0 radical (unpaired) electrons. The first kappa shape index (κ1) is 11.5. The summed E-state index contributed by atoms with van der Waals surface area (Å²) < 4.78 is 7.36. The number of aryl methyl sites for hydroxylation is 1. The van der Waals surface area contributed by atoms with Crippen LogP contribution < -0.4 is 10.5 Å². The largest absolute Gasteiger partial charge is 0.484 e. The molecule has 0 bridgehead atoms. The molecular weight excluding hydrogens is 218 g/mol. The molecule has 6 heteroatoms. The van der Waals surface area contributed by atoms with E-state index in [1.165, 1.54) is 6.33 Å². The lowest BCUT2D eigenvalue weighted by Gasteiger charge is -2.06. The standard InChI is InChI=1S/C11H15N5O/c1-2-16-11(14-8-15-16)7-17-10-4-3-9(5-12)13-6-10/h3-4,6,8H,2,5,7,12H2,1H3. The van der Waals surface area contributed by atoms with Gasteiger partial charge in [-0.15, -0.1) is 0 Å². The van der Waals surface area contributed by atoms with E-state index in [1.54, 1.807) is 10.9 Å². The van der Waals surface area contributed by atoms with Gasteiger partial charge in [-0.05, 0) is 19.1 Å². The van der Waals surface area contributed by atoms with Crippen LogP contribution in [0.3, 0.4) is 0 Å². The quantitative estimate of drug-likeness (QED) is 0.823. The zero-order valence-electron chi connectivity index (χ0n) is 9.71. The molecular formula is C11H15N5O. The maximum Gasteiger partial charge on any atom is 0.164 e. The second kappa shape index (κ2) is 5.40. The minimum absolute atomic E-state index is 0.386. The van der Waals surface area contributed by atoms with Crippen molar-refractivity contribution >= 4 is 0 Å². The molecule has 0 aliphatic rings. The van der Waals surface area contributed by atoms with Crippen molar-refractivity contribution in [1.82, 2.24) is 19.7 Å². The van der Waals surface area contributed by atoms with Gasteiger partial charge in [-0.25, -0.2) is 9.67 Å². The van der Waals surface area contributed by atoms with Gasteiger partial charge in [0.1, 0.15) is 18.7 Å². The average Bonchev–Trinajstić information content (AvgIpc) is 2.84. The normalized spacial score (nSPS) is 10.5. The highest BCUT2D eigenvalue weighted by Gasteiger charge is 2.03. The van der Waals surface area contributed by atoms with Crippen LogP contribution in [0, 0.1) is 0 Å². The van der Waals surface area contributed by atoms with E-state index in [0.29, 0.717) is 18.9 Å². The first-order valence-electron chi connectivity index (χ1n) is 5.48. The molecule has 90 valence electrons. The summed E-state index contributed by atoms with van der Waals surface area (Å²) in [6.45, 7) is 3.61. The van der Waals surface area contributed by atoms with Crippen LogP contribution in [-0.4, -0.2) is 19.7 Å². The van der Waals surface area contributed by atoms with Gasteiger partial charge in [-0.1, -0.05) is 0 Å². The van der Waals surface area contributed by atoms with Crippen molar-refractivity contribution in [2.75, 3.05) is 0 Å². The third kappa shape index (κ3) is 2.79. The molecule has 0 saturated carbocycles. The van der Waals surface area contributed by atoms with Gasteiger partial charge in [-0.3, -0.25) is 4.98 Å². The van der Waals surface area contributed by atoms with Crippen LogP contribution in [0.25, 0.3) is 0 Å². The van der Waals surface area contributed by atoms with Crippen molar-refractivity contribution in [3.63, 3.8) is 0 Å². The maximum atomic E-state index is 5.57. The Morgan fingerprint density at radius 1 is 1.35 bits per heavy atom. The number of ether oxygens (including phenoxy) is 1. The van der Waals surface area contributed by atoms with Crippen LogP contribution >= 0.6 is 0 Å². The Bertz CT molecular complexity index is 465. The van der Waals surface area contributed by atoms with Crippen molar-refractivity contribution in [2.24, 2.45) is 5.73 Å². The summed E-state index contributed by atoms with van der Waals surface area (Å²) >= 11 is 0. The number of aromatic nitrogens is 4. The van der Waals surface area contributed by atoms with Crippen molar-refractivity contribution in [3.05, 3.63) is 36.2 Å². The summed E-state index contributed by atoms with van der Waals surface area (Å²) in [5.74, 6) is 1.50. The van der Waals surface area contributed by atoms with Crippen LogP contribution in [0.2, 0.25) is 0 Å². The fraction of sp³-hybridized carbons (Fsp3) is 0.364. The second-order valence-corrected chi connectivity index (χ2v) is 3.47. The summed E-state index contributed by atoms with van der Waals surface area (Å²) in [7, 11) is 0. The SMILES string of the molecule is CCn1ncnc1COc1ccc(CN)nc1. The van der Waals surface area contributed by atoms with Crippen molar-refractivity contribution in [1.29, 1.82) is 0 Å². The number of nitrogens with two attached hydrogens (primary N) is 1. The molecule has 17 heavy (non-hydrogen) atoms. The number of pyridine rings is 1. The molecule has 2 heterocycles. The lowest BCUT2D eigenvalue weighted by Crippen LogP contribution is -2.07. The molecule has 0 fully saturated rings. The van der Waals surface area contributed by atoms with E-state index in [0.717, 1.165) is 18.1 Å². The monoisotopic (exact) mass is 233 g/mol. The van der Waals surface area contributed by atoms with Crippen LogP contribution in [-0.2, 0) is 19.7 Å². The van der Waals surface area contributed by atoms with Gasteiger partial charge in [-0.2, -0.15) is 5.10 Å². The van der Waals surface area contributed by atoms with Crippen molar-refractivity contribution in [2.45, 2.75) is 26.6 Å². The number of hydrogen-bond acceptors (Lipinski definition) is 5. The molecule has 0 saturated heterocycles. The Kier molecular flexibility index (Phi) is 3.66. The Morgan fingerprint density at radius 2 is 2.24 bits per heavy atom. The molecule has 0 atom stereocenters. The summed E-state index contributed by atoms with van der Waals surface area (Å²) in [6.07, 6.45) is 3.19. The summed E-state index contributed by atoms with van der Waals surface area (Å²) in [6, 6.07) is 3.70. The Morgan fingerprint density at radius 3 is 2.88 bits per heavy atom. The van der Waals surface area contributed by atoms with E-state index >= 15 is 0 Å². The van der Waals surface area contributed by atoms with Gasteiger partial charge in [0.05, 0.1) is 11.9 Å². The first-order chi connectivity index (χ1) is 8.33. The molecule has 2 aromatic rings. The van der Waals surface area contributed by atoms with E-state index in [2.05, 4.69) is 15.1 Å². The van der Waals surface area contributed by atoms with Crippen molar-refractivity contribution in [3.8, 4) is 5.75 Å². The van der Waals surface area contributed by atoms with E-state index < -0.39 is 0 Å². The highest BCUT2D eigenvalue weighted by Crippen LogP contribution is 2.10. The van der Waals surface area contributed by atoms with Crippen LogP contribution in [0.4, 0.5) is 0 Å². The third-order valence-corrected chi connectivity index (χ3v) is 2.37. The van der Waals surface area contributed by atoms with Gasteiger partial charge < -0.3 is 10.5 Å². The molecule has 2 aromatic heterocycles. The minimum Gasteiger partial charge on any atom is -0.484 e. The zero-order chi connectivity index (χ0) is 12.1. The predicted molar refractivity (Wildman–Crippen MR) is 62.2 cm³/mol. The summed E-state index contributed by atoms with van der Waals surface area (Å²) in [4.78, 5) is 8.27. The maximum absolute atomic E-state index is 5.57. The number of rotatable bonds is 5. The summed E-state index contributed by atoms with van der Waals surface area (Å²) in [5, 5.41) is 4.07. The summed E-state index contributed by atoms with van der Waals surface area (Å²) in [5.41, 5.74) is 6.31. The fourth-order valence-corrected chi connectivity index (χ4v) is 1.43. The molecule has 2 rings (SSSR count). The van der Waals surface area contributed by atoms with E-state index in [4.69, 9.17) is 10.5 Å². The zero-order valence-corrected chi connectivity index (χ0v) is 9.71. The second-order valence-electron chi connectivity index (χ2n) is 3.47. The topological polar surface area (TPSA) is 78.8 Å². The van der Waals surface area contributed by atoms with Crippen LogP contribution in [0.1, 0.15) is 18.4 Å². The Hall–Kier alpha value is -1.95. The predicted octanol–water partition coefficient (Wildman–Crippen LogP) is 0.731. The van der Waals surface area contributed by atoms with Crippen LogP contribution in [0.15, 0.2) is 24.7 Å². The van der Waals surface area contributed by atoms with E-state index in [1.807, 2.05) is 19.1 Å². The third-order valence-electron chi connectivity index (χ3n) is 2.37. The number of nitrogens with zero attached hydrogens (tertiary/aromatic N) is 4. The van der Waals surface area contributed by atoms with Gasteiger partial charge in [0, 0.05) is 13.1 Å². The smallest absolute Gasteiger partial charge is 0.164 e. The van der Waals surface area contributed by atoms with Crippen molar-refractivity contribution < 1.29 is 4.74 Å². The molecule has 0 aromatic carbocycles. The molecule has 0 aliphatic heterocycles. The highest BCUT2D eigenvalue weighted by atomic mass is 16.5. The van der Waals surface area contributed by atoms with E-state index in [9.17, 15) is 0 Å². The van der Waals surface area contributed by atoms with Gasteiger partial charge in [0.15, 0.2) is 5.82 Å². The average molecular weight is 233 g/mol. The molecule has 2 N–H and O–H groups in total. The van der Waals surface area contributed by atoms with Gasteiger partial charge >= 0.3 is 0 Å². The Balaban J connectivity index is 1.97. The van der Waals surface area contributed by atoms with E-state index in [-0.39, 0.29) is 0 Å². The lowest BCUT2D eigenvalue weighted by atomic mass is 10.3. The molecule has 0 amide bonds. The molecule has 0 aliphatic carbocycles. The lowest BCUT2D eigenvalue weighted by molar-refractivity contribution is 0.286. The van der Waals surface area contributed by atoms with Crippen LogP contribution in [0.5, 0.6) is 5.75 Å². The molecule has 0 spiro atoms.